The number of hydrogen-bond donors (Lipinski definition) is 4. The Hall–Kier alpha value is -4.19. The standard InChI is InChI=1S/C26H30FN9O.CH4O/c1-15-10-22(32-23-11-16(2)34-35-23)33-25(30-15)18-4-6-19(7-5-18)26(37)31-17(3)20-8-9-24(28-12-20)36-14-21(27)13-29-36;1-2/h8-14,17-19H,4-7H2,1-3H3,(H,31,37)(H2,30,32,33,34,35);2H,1H3. The van der Waals surface area contributed by atoms with Gasteiger partial charge in [0, 0.05) is 48.7 Å². The number of hydrogen-bond acceptors (Lipinski definition) is 8. The molecule has 1 unspecified atom stereocenters. The zero-order chi connectivity index (χ0) is 27.9. The van der Waals surface area contributed by atoms with Gasteiger partial charge in [-0.15, -0.1) is 0 Å². The molecule has 1 aliphatic rings. The van der Waals surface area contributed by atoms with Gasteiger partial charge in [-0.05, 0) is 58.1 Å². The largest absolute Gasteiger partial charge is 0.400 e. The minimum Gasteiger partial charge on any atom is -0.400 e. The lowest BCUT2D eigenvalue weighted by molar-refractivity contribution is -0.126. The van der Waals surface area contributed by atoms with Crippen molar-refractivity contribution in [2.75, 3.05) is 12.4 Å². The van der Waals surface area contributed by atoms with Gasteiger partial charge in [-0.1, -0.05) is 6.07 Å². The molecule has 0 aromatic carbocycles. The normalized spacial score (nSPS) is 17.6. The third-order valence-corrected chi connectivity index (χ3v) is 6.71. The summed E-state index contributed by atoms with van der Waals surface area (Å²) in [6.45, 7) is 5.84. The van der Waals surface area contributed by atoms with Crippen molar-refractivity contribution >= 4 is 17.5 Å². The van der Waals surface area contributed by atoms with Gasteiger partial charge < -0.3 is 15.7 Å². The Labute approximate surface area is 226 Å². The molecule has 1 aliphatic carbocycles. The van der Waals surface area contributed by atoms with Crippen molar-refractivity contribution in [1.82, 2.24) is 40.2 Å². The zero-order valence-electron chi connectivity index (χ0n) is 22.5. The molecule has 4 heterocycles. The van der Waals surface area contributed by atoms with Gasteiger partial charge in [0.15, 0.2) is 17.5 Å². The third kappa shape index (κ3) is 7.02. The number of amides is 1. The fourth-order valence-electron chi connectivity index (χ4n) is 4.70. The van der Waals surface area contributed by atoms with Gasteiger partial charge in [0.05, 0.1) is 18.4 Å². The summed E-state index contributed by atoms with van der Waals surface area (Å²) in [5.41, 5.74) is 2.74. The molecule has 206 valence electrons. The lowest BCUT2D eigenvalue weighted by Crippen LogP contribution is -2.34. The number of rotatable bonds is 7. The van der Waals surface area contributed by atoms with E-state index in [-0.39, 0.29) is 23.8 Å². The van der Waals surface area contributed by atoms with Crippen LogP contribution in [-0.2, 0) is 4.79 Å². The van der Waals surface area contributed by atoms with Crippen molar-refractivity contribution < 1.29 is 14.3 Å². The molecule has 4 aromatic heterocycles. The second-order valence-electron chi connectivity index (χ2n) is 9.65. The molecule has 11 nitrogen and oxygen atoms in total. The summed E-state index contributed by atoms with van der Waals surface area (Å²) in [5, 5.41) is 24.4. The number of aryl methyl sites for hydroxylation is 2. The van der Waals surface area contributed by atoms with Gasteiger partial charge in [0.25, 0.3) is 0 Å². The van der Waals surface area contributed by atoms with Gasteiger partial charge in [-0.3, -0.25) is 9.89 Å². The summed E-state index contributed by atoms with van der Waals surface area (Å²) >= 11 is 0. The van der Waals surface area contributed by atoms with Crippen LogP contribution in [-0.4, -0.2) is 53.1 Å². The van der Waals surface area contributed by atoms with E-state index in [0.29, 0.717) is 5.82 Å². The van der Waals surface area contributed by atoms with Crippen molar-refractivity contribution in [2.45, 2.75) is 58.4 Å². The fraction of sp³-hybridized carbons (Fsp3) is 0.407. The van der Waals surface area contributed by atoms with Crippen molar-refractivity contribution in [3.05, 3.63) is 71.4 Å². The monoisotopic (exact) mass is 535 g/mol. The average molecular weight is 536 g/mol. The van der Waals surface area contributed by atoms with Crippen LogP contribution in [0.1, 0.15) is 67.3 Å². The minimum absolute atomic E-state index is 0.0468. The molecule has 1 saturated carbocycles. The number of aliphatic hydroxyl groups excluding tert-OH is 1. The van der Waals surface area contributed by atoms with E-state index in [9.17, 15) is 9.18 Å². The van der Waals surface area contributed by atoms with Crippen LogP contribution in [0.25, 0.3) is 5.82 Å². The molecule has 0 saturated heterocycles. The molecular weight excluding hydrogens is 501 g/mol. The van der Waals surface area contributed by atoms with E-state index < -0.39 is 5.82 Å². The molecule has 0 aliphatic heterocycles. The molecular formula is C27H34FN9O2. The van der Waals surface area contributed by atoms with Crippen LogP contribution in [0.3, 0.4) is 0 Å². The highest BCUT2D eigenvalue weighted by atomic mass is 19.1. The highest BCUT2D eigenvalue weighted by Crippen LogP contribution is 2.35. The van der Waals surface area contributed by atoms with Crippen molar-refractivity contribution in [3.63, 3.8) is 0 Å². The summed E-state index contributed by atoms with van der Waals surface area (Å²) in [7, 11) is 1.00. The van der Waals surface area contributed by atoms with Crippen LogP contribution >= 0.6 is 0 Å². The number of nitrogens with zero attached hydrogens (tertiary/aromatic N) is 6. The maximum atomic E-state index is 13.2. The maximum Gasteiger partial charge on any atom is 0.223 e. The number of pyridine rings is 1. The van der Waals surface area contributed by atoms with Crippen LogP contribution in [0.5, 0.6) is 0 Å². The quantitative estimate of drug-likeness (QED) is 0.277. The summed E-state index contributed by atoms with van der Waals surface area (Å²) in [6, 6.07) is 7.26. The number of aromatic nitrogens is 7. The van der Waals surface area contributed by atoms with Gasteiger partial charge in [-0.25, -0.2) is 24.0 Å². The SMILES string of the molecule is CO.Cc1cc(Nc2cc(C)[nH]n2)nc(C2CCC(C(=O)NC(C)c3ccc(-n4cc(F)cn4)nc3)CC2)n1. The smallest absolute Gasteiger partial charge is 0.223 e. The maximum absolute atomic E-state index is 13.2. The van der Waals surface area contributed by atoms with E-state index in [1.165, 1.54) is 10.9 Å². The molecule has 0 bridgehead atoms. The van der Waals surface area contributed by atoms with E-state index in [2.05, 4.69) is 35.9 Å². The number of carbonyl (C=O) groups excluding carboxylic acids is 1. The van der Waals surface area contributed by atoms with Crippen LogP contribution in [0.4, 0.5) is 16.0 Å². The summed E-state index contributed by atoms with van der Waals surface area (Å²) in [5.74, 6) is 2.56. The summed E-state index contributed by atoms with van der Waals surface area (Å²) in [4.78, 5) is 26.8. The molecule has 0 radical (unpaired) electrons. The van der Waals surface area contributed by atoms with Crippen LogP contribution in [0.15, 0.2) is 42.9 Å². The topological polar surface area (TPSA) is 147 Å². The summed E-state index contributed by atoms with van der Waals surface area (Å²) < 4.78 is 14.6. The van der Waals surface area contributed by atoms with Gasteiger partial charge in [0.1, 0.15) is 11.6 Å². The first-order valence-corrected chi connectivity index (χ1v) is 12.9. The lowest BCUT2D eigenvalue weighted by atomic mass is 9.81. The number of anilines is 2. The molecule has 4 aromatic rings. The molecule has 12 heteroatoms. The first-order valence-electron chi connectivity index (χ1n) is 12.9. The van der Waals surface area contributed by atoms with Gasteiger partial charge in [-0.2, -0.15) is 10.2 Å². The number of carbonyl (C=O) groups is 1. The van der Waals surface area contributed by atoms with Gasteiger partial charge >= 0.3 is 0 Å². The number of aliphatic hydroxyl groups is 1. The van der Waals surface area contributed by atoms with Crippen molar-refractivity contribution in [2.24, 2.45) is 5.92 Å². The van der Waals surface area contributed by atoms with Crippen LogP contribution in [0.2, 0.25) is 0 Å². The van der Waals surface area contributed by atoms with E-state index in [4.69, 9.17) is 10.1 Å². The molecule has 4 N–H and O–H groups in total. The van der Waals surface area contributed by atoms with E-state index in [0.717, 1.165) is 73.4 Å². The predicted molar refractivity (Wildman–Crippen MR) is 144 cm³/mol. The predicted octanol–water partition coefficient (Wildman–Crippen LogP) is 4.04. The Bertz CT molecular complexity index is 1380. The van der Waals surface area contributed by atoms with Crippen LogP contribution < -0.4 is 10.6 Å². The Morgan fingerprint density at radius 2 is 1.87 bits per heavy atom. The Morgan fingerprint density at radius 3 is 2.49 bits per heavy atom. The Kier molecular flexibility index (Phi) is 8.97. The van der Waals surface area contributed by atoms with Crippen molar-refractivity contribution in [1.29, 1.82) is 0 Å². The molecule has 5 rings (SSSR count). The third-order valence-electron chi connectivity index (χ3n) is 6.71. The first-order chi connectivity index (χ1) is 18.8. The van der Waals surface area contributed by atoms with E-state index in [1.807, 2.05) is 39.0 Å². The molecule has 0 spiro atoms. The fourth-order valence-corrected chi connectivity index (χ4v) is 4.70. The van der Waals surface area contributed by atoms with E-state index >= 15 is 0 Å². The second-order valence-corrected chi connectivity index (χ2v) is 9.65. The number of aromatic amines is 1. The first kappa shape index (κ1) is 27.8. The van der Waals surface area contributed by atoms with Gasteiger partial charge in [0.2, 0.25) is 5.91 Å². The van der Waals surface area contributed by atoms with Crippen molar-refractivity contribution in [3.8, 4) is 5.82 Å². The highest BCUT2D eigenvalue weighted by Gasteiger charge is 2.29. The second kappa shape index (κ2) is 12.6. The molecule has 1 atom stereocenters. The summed E-state index contributed by atoms with van der Waals surface area (Å²) in [6.07, 6.45) is 7.36. The number of H-pyrrole nitrogens is 1. The minimum atomic E-state index is -0.420. The van der Waals surface area contributed by atoms with Crippen LogP contribution in [0, 0.1) is 25.6 Å². The number of halogens is 1. The average Bonchev–Trinajstić information content (AvgIpc) is 3.57. The Morgan fingerprint density at radius 1 is 1.10 bits per heavy atom. The lowest BCUT2D eigenvalue weighted by Gasteiger charge is -2.28. The molecule has 39 heavy (non-hydrogen) atoms. The number of nitrogens with one attached hydrogen (secondary N) is 3. The van der Waals surface area contributed by atoms with E-state index in [1.54, 1.807) is 12.3 Å². The Balaban J connectivity index is 0.00000172. The highest BCUT2D eigenvalue weighted by molar-refractivity contribution is 5.79. The zero-order valence-corrected chi connectivity index (χ0v) is 22.5. The molecule has 1 amide bonds. The molecule has 1 fully saturated rings.